The van der Waals surface area contributed by atoms with Crippen molar-refractivity contribution in [2.24, 2.45) is 0 Å². The van der Waals surface area contributed by atoms with Gasteiger partial charge in [0.25, 0.3) is 0 Å². The van der Waals surface area contributed by atoms with E-state index in [0.717, 1.165) is 16.3 Å². The first-order chi connectivity index (χ1) is 9.77. The van der Waals surface area contributed by atoms with Gasteiger partial charge in [0.05, 0.1) is 11.0 Å². The van der Waals surface area contributed by atoms with E-state index in [1.54, 1.807) is 37.3 Å². The molecule has 2 aromatic carbocycles. The van der Waals surface area contributed by atoms with Crippen molar-refractivity contribution in [2.45, 2.75) is 17.9 Å². The first-order valence-electron chi connectivity index (χ1n) is 6.23. The Labute approximate surface area is 132 Å². The second-order valence-corrected chi connectivity index (χ2v) is 7.58. The van der Waals surface area contributed by atoms with Crippen molar-refractivity contribution in [3.05, 3.63) is 52.5 Å². The standard InChI is InChI=1S/C15H15BrO4S/c1-10(17)14-7-6-12(9-15(14)16)20-11-4-3-5-13(8-11)21(2,18)19/h3-10,17H,1-2H3. The zero-order chi connectivity index (χ0) is 15.6. The largest absolute Gasteiger partial charge is 0.457 e. The quantitative estimate of drug-likeness (QED) is 0.890. The van der Waals surface area contributed by atoms with Gasteiger partial charge in [-0.2, -0.15) is 0 Å². The molecule has 4 nitrogen and oxygen atoms in total. The van der Waals surface area contributed by atoms with Crippen LogP contribution in [0.25, 0.3) is 0 Å². The number of benzene rings is 2. The highest BCUT2D eigenvalue weighted by atomic mass is 79.9. The first-order valence-corrected chi connectivity index (χ1v) is 8.91. The van der Waals surface area contributed by atoms with E-state index in [9.17, 15) is 13.5 Å². The summed E-state index contributed by atoms with van der Waals surface area (Å²) in [5.74, 6) is 0.992. The molecule has 1 N–H and O–H groups in total. The summed E-state index contributed by atoms with van der Waals surface area (Å²) < 4.78 is 29.4. The van der Waals surface area contributed by atoms with Gasteiger partial charge in [0, 0.05) is 10.7 Å². The predicted molar refractivity (Wildman–Crippen MR) is 84.4 cm³/mol. The maximum atomic E-state index is 11.5. The molecule has 0 amide bonds. The molecule has 21 heavy (non-hydrogen) atoms. The molecule has 0 aromatic heterocycles. The number of hydrogen-bond acceptors (Lipinski definition) is 4. The van der Waals surface area contributed by atoms with Gasteiger partial charge >= 0.3 is 0 Å². The highest BCUT2D eigenvalue weighted by molar-refractivity contribution is 9.10. The number of sulfone groups is 1. The molecule has 2 aromatic rings. The van der Waals surface area contributed by atoms with Gasteiger partial charge in [-0.1, -0.05) is 28.1 Å². The fourth-order valence-electron chi connectivity index (χ4n) is 1.81. The second kappa shape index (κ2) is 6.17. The van der Waals surface area contributed by atoms with E-state index >= 15 is 0 Å². The lowest BCUT2D eigenvalue weighted by atomic mass is 10.1. The Balaban J connectivity index is 2.29. The van der Waals surface area contributed by atoms with Crippen LogP contribution in [0.1, 0.15) is 18.6 Å². The van der Waals surface area contributed by atoms with Gasteiger partial charge in [-0.3, -0.25) is 0 Å². The Morgan fingerprint density at radius 2 is 1.81 bits per heavy atom. The lowest BCUT2D eigenvalue weighted by Crippen LogP contribution is -1.97. The summed E-state index contributed by atoms with van der Waals surface area (Å²) in [5, 5.41) is 9.57. The molecule has 0 saturated heterocycles. The topological polar surface area (TPSA) is 63.6 Å². The number of ether oxygens (including phenoxy) is 1. The highest BCUT2D eigenvalue weighted by Gasteiger charge is 2.10. The van der Waals surface area contributed by atoms with E-state index in [4.69, 9.17) is 4.74 Å². The molecule has 0 spiro atoms. The third-order valence-corrected chi connectivity index (χ3v) is 4.69. The van der Waals surface area contributed by atoms with Gasteiger partial charge in [0.15, 0.2) is 9.84 Å². The predicted octanol–water partition coefficient (Wildman–Crippen LogP) is 3.70. The van der Waals surface area contributed by atoms with Crippen molar-refractivity contribution >= 4 is 25.8 Å². The lowest BCUT2D eigenvalue weighted by Gasteiger charge is -2.11. The maximum Gasteiger partial charge on any atom is 0.175 e. The second-order valence-electron chi connectivity index (χ2n) is 4.71. The van der Waals surface area contributed by atoms with Crippen LogP contribution in [0.5, 0.6) is 11.5 Å². The smallest absolute Gasteiger partial charge is 0.175 e. The van der Waals surface area contributed by atoms with E-state index in [0.29, 0.717) is 11.5 Å². The fourth-order valence-corrected chi connectivity index (χ4v) is 3.16. The van der Waals surface area contributed by atoms with E-state index in [2.05, 4.69) is 15.9 Å². The Morgan fingerprint density at radius 1 is 1.14 bits per heavy atom. The van der Waals surface area contributed by atoms with Crippen LogP contribution in [0.2, 0.25) is 0 Å². The van der Waals surface area contributed by atoms with Gasteiger partial charge < -0.3 is 9.84 Å². The minimum atomic E-state index is -3.27. The van der Waals surface area contributed by atoms with Crippen LogP contribution in [-0.4, -0.2) is 19.8 Å². The molecule has 0 aliphatic carbocycles. The molecule has 0 radical (unpaired) electrons. The average Bonchev–Trinajstić information content (AvgIpc) is 2.37. The zero-order valence-corrected chi connectivity index (χ0v) is 14.0. The van der Waals surface area contributed by atoms with E-state index < -0.39 is 15.9 Å². The summed E-state index contributed by atoms with van der Waals surface area (Å²) in [5.41, 5.74) is 0.757. The summed E-state index contributed by atoms with van der Waals surface area (Å²) in [6.45, 7) is 1.68. The Hall–Kier alpha value is -1.37. The normalized spacial score (nSPS) is 13.0. The van der Waals surface area contributed by atoms with Crippen LogP contribution < -0.4 is 4.74 Å². The van der Waals surface area contributed by atoms with Crippen molar-refractivity contribution < 1.29 is 18.3 Å². The summed E-state index contributed by atoms with van der Waals surface area (Å²) in [7, 11) is -3.27. The Kier molecular flexibility index (Phi) is 4.70. The van der Waals surface area contributed by atoms with Crippen LogP contribution in [-0.2, 0) is 9.84 Å². The van der Waals surface area contributed by atoms with Crippen LogP contribution in [0, 0.1) is 0 Å². The average molecular weight is 371 g/mol. The molecule has 0 aliphatic heterocycles. The number of halogens is 1. The molecule has 0 bridgehead atoms. The molecule has 2 rings (SSSR count). The van der Waals surface area contributed by atoms with Crippen molar-refractivity contribution in [1.29, 1.82) is 0 Å². The summed E-state index contributed by atoms with van der Waals surface area (Å²) in [6, 6.07) is 11.5. The van der Waals surface area contributed by atoms with Crippen molar-refractivity contribution in [3.63, 3.8) is 0 Å². The molecule has 0 heterocycles. The van der Waals surface area contributed by atoms with Crippen molar-refractivity contribution in [2.75, 3.05) is 6.26 Å². The summed E-state index contributed by atoms with van der Waals surface area (Å²) >= 11 is 3.37. The summed E-state index contributed by atoms with van der Waals surface area (Å²) in [4.78, 5) is 0.208. The van der Waals surface area contributed by atoms with Crippen LogP contribution >= 0.6 is 15.9 Å². The van der Waals surface area contributed by atoms with Gasteiger partial charge in [-0.25, -0.2) is 8.42 Å². The van der Waals surface area contributed by atoms with E-state index in [1.165, 1.54) is 12.1 Å². The van der Waals surface area contributed by atoms with Gasteiger partial charge in [-0.15, -0.1) is 0 Å². The minimum absolute atomic E-state index is 0.208. The molecule has 112 valence electrons. The minimum Gasteiger partial charge on any atom is -0.457 e. The molecule has 1 atom stereocenters. The zero-order valence-electron chi connectivity index (χ0n) is 11.6. The van der Waals surface area contributed by atoms with E-state index in [-0.39, 0.29) is 4.90 Å². The van der Waals surface area contributed by atoms with Crippen LogP contribution in [0.15, 0.2) is 51.8 Å². The first kappa shape index (κ1) is 16.0. The number of rotatable bonds is 4. The van der Waals surface area contributed by atoms with Crippen molar-refractivity contribution in [1.82, 2.24) is 0 Å². The molecule has 0 saturated carbocycles. The molecule has 0 aliphatic rings. The molecule has 6 heteroatoms. The summed E-state index contributed by atoms with van der Waals surface area (Å²) in [6.07, 6.45) is 0.571. The third-order valence-electron chi connectivity index (χ3n) is 2.89. The fraction of sp³-hybridized carbons (Fsp3) is 0.200. The molecule has 0 fully saturated rings. The van der Waals surface area contributed by atoms with Gasteiger partial charge in [0.1, 0.15) is 11.5 Å². The van der Waals surface area contributed by atoms with Crippen molar-refractivity contribution in [3.8, 4) is 11.5 Å². The van der Waals surface area contributed by atoms with E-state index in [1.807, 2.05) is 0 Å². The van der Waals surface area contributed by atoms with Crippen LogP contribution in [0.3, 0.4) is 0 Å². The molecular formula is C15H15BrO4S. The van der Waals surface area contributed by atoms with Crippen LogP contribution in [0.4, 0.5) is 0 Å². The third kappa shape index (κ3) is 4.06. The Bertz CT molecular complexity index is 754. The molecule has 1 unspecified atom stereocenters. The Morgan fingerprint density at radius 3 is 2.38 bits per heavy atom. The number of aliphatic hydroxyl groups excluding tert-OH is 1. The highest BCUT2D eigenvalue weighted by Crippen LogP contribution is 2.30. The number of aliphatic hydroxyl groups is 1. The number of hydrogen-bond donors (Lipinski definition) is 1. The monoisotopic (exact) mass is 370 g/mol. The van der Waals surface area contributed by atoms with Gasteiger partial charge in [0.2, 0.25) is 0 Å². The molecular weight excluding hydrogens is 356 g/mol. The SMILES string of the molecule is CC(O)c1ccc(Oc2cccc(S(C)(=O)=O)c2)cc1Br. The lowest BCUT2D eigenvalue weighted by molar-refractivity contribution is 0.198. The van der Waals surface area contributed by atoms with Gasteiger partial charge in [-0.05, 0) is 42.8 Å². The maximum absolute atomic E-state index is 11.5.